The van der Waals surface area contributed by atoms with Crippen LogP contribution in [-0.4, -0.2) is 23.9 Å². The van der Waals surface area contributed by atoms with Crippen LogP contribution >= 0.6 is 0 Å². The van der Waals surface area contributed by atoms with Crippen molar-refractivity contribution in [3.05, 3.63) is 0 Å². The molecule has 1 saturated heterocycles. The van der Waals surface area contributed by atoms with Crippen molar-refractivity contribution >= 4 is 5.91 Å². The van der Waals surface area contributed by atoms with E-state index in [-0.39, 0.29) is 5.91 Å². The minimum Gasteiger partial charge on any atom is -0.343 e. The summed E-state index contributed by atoms with van der Waals surface area (Å²) >= 11 is 0. The van der Waals surface area contributed by atoms with Crippen molar-refractivity contribution in [1.29, 1.82) is 0 Å². The Balaban J connectivity index is 2.46. The summed E-state index contributed by atoms with van der Waals surface area (Å²) in [5.41, 5.74) is 0.523. The van der Waals surface area contributed by atoms with Crippen molar-refractivity contribution in [3.8, 4) is 0 Å². The van der Waals surface area contributed by atoms with Crippen molar-refractivity contribution in [2.24, 2.45) is 11.3 Å². The molecule has 2 heteroatoms. The summed E-state index contributed by atoms with van der Waals surface area (Å²) in [5, 5.41) is 0. The van der Waals surface area contributed by atoms with E-state index in [0.29, 0.717) is 5.41 Å². The molecule has 2 nitrogen and oxygen atoms in total. The Morgan fingerprint density at radius 2 is 1.88 bits per heavy atom. The lowest BCUT2D eigenvalue weighted by Crippen LogP contribution is -2.42. The number of carbonyl (C=O) groups is 1. The van der Waals surface area contributed by atoms with Gasteiger partial charge in [-0.1, -0.05) is 40.0 Å². The van der Waals surface area contributed by atoms with Crippen LogP contribution in [0, 0.1) is 11.3 Å². The van der Waals surface area contributed by atoms with Crippen LogP contribution in [0.1, 0.15) is 66.2 Å². The highest BCUT2D eigenvalue weighted by Gasteiger charge is 2.33. The van der Waals surface area contributed by atoms with Crippen molar-refractivity contribution in [1.82, 2.24) is 4.90 Å². The van der Waals surface area contributed by atoms with Crippen LogP contribution < -0.4 is 0 Å². The zero-order valence-electron chi connectivity index (χ0n) is 12.1. The second-order valence-electron chi connectivity index (χ2n) is 5.91. The zero-order valence-corrected chi connectivity index (χ0v) is 12.1. The van der Waals surface area contributed by atoms with Crippen LogP contribution in [0.5, 0.6) is 0 Å². The van der Waals surface area contributed by atoms with Crippen molar-refractivity contribution < 1.29 is 4.79 Å². The van der Waals surface area contributed by atoms with E-state index in [2.05, 4.69) is 20.8 Å². The molecule has 0 spiro atoms. The number of amides is 1. The molecule has 0 radical (unpaired) electrons. The highest BCUT2D eigenvalue weighted by atomic mass is 16.2. The average Bonchev–Trinajstić information content (AvgIpc) is 2.36. The SMILES string of the molecule is CCC(C)CCC1(CC)CCN(C(C)=O)CC1. The topological polar surface area (TPSA) is 20.3 Å². The molecule has 0 aliphatic carbocycles. The average molecular weight is 239 g/mol. The van der Waals surface area contributed by atoms with Crippen LogP contribution in [-0.2, 0) is 4.79 Å². The minimum atomic E-state index is 0.247. The first-order valence-corrected chi connectivity index (χ1v) is 7.28. The van der Waals surface area contributed by atoms with Crippen LogP contribution in [0.15, 0.2) is 0 Å². The molecule has 0 N–H and O–H groups in total. The number of rotatable bonds is 5. The third-order valence-corrected chi connectivity index (χ3v) is 4.88. The van der Waals surface area contributed by atoms with Crippen LogP contribution in [0.4, 0.5) is 0 Å². The van der Waals surface area contributed by atoms with Crippen LogP contribution in [0.3, 0.4) is 0 Å². The lowest BCUT2D eigenvalue weighted by molar-refractivity contribution is -0.131. The molecule has 1 aliphatic rings. The van der Waals surface area contributed by atoms with E-state index in [4.69, 9.17) is 0 Å². The molecule has 1 atom stereocenters. The van der Waals surface area contributed by atoms with Gasteiger partial charge in [0.2, 0.25) is 5.91 Å². The molecule has 1 amide bonds. The maximum atomic E-state index is 11.3. The maximum absolute atomic E-state index is 11.3. The van der Waals surface area contributed by atoms with Gasteiger partial charge in [-0.25, -0.2) is 0 Å². The summed E-state index contributed by atoms with van der Waals surface area (Å²) in [6, 6.07) is 0. The van der Waals surface area contributed by atoms with E-state index in [0.717, 1.165) is 19.0 Å². The highest BCUT2D eigenvalue weighted by Crippen LogP contribution is 2.40. The largest absolute Gasteiger partial charge is 0.343 e. The maximum Gasteiger partial charge on any atom is 0.219 e. The number of hydrogen-bond acceptors (Lipinski definition) is 1. The molecule has 1 heterocycles. The molecule has 17 heavy (non-hydrogen) atoms. The lowest BCUT2D eigenvalue weighted by Gasteiger charge is -2.41. The van der Waals surface area contributed by atoms with E-state index < -0.39 is 0 Å². The van der Waals surface area contributed by atoms with Crippen molar-refractivity contribution in [2.45, 2.75) is 66.2 Å². The van der Waals surface area contributed by atoms with Gasteiger partial charge in [0.25, 0.3) is 0 Å². The molecular formula is C15H29NO. The molecule has 1 fully saturated rings. The van der Waals surface area contributed by atoms with Gasteiger partial charge in [0, 0.05) is 20.0 Å². The standard InChI is InChI=1S/C15H29NO/c1-5-13(3)7-8-15(6-2)9-11-16(12-10-15)14(4)17/h13H,5-12H2,1-4H3. The predicted molar refractivity (Wildman–Crippen MR) is 72.9 cm³/mol. The second kappa shape index (κ2) is 6.42. The zero-order chi connectivity index (χ0) is 12.9. The molecule has 1 aliphatic heterocycles. The fourth-order valence-corrected chi connectivity index (χ4v) is 2.83. The Kier molecular flexibility index (Phi) is 5.48. The van der Waals surface area contributed by atoms with E-state index in [1.54, 1.807) is 6.92 Å². The highest BCUT2D eigenvalue weighted by molar-refractivity contribution is 5.73. The van der Waals surface area contributed by atoms with Gasteiger partial charge in [0.05, 0.1) is 0 Å². The Bertz CT molecular complexity index is 241. The Morgan fingerprint density at radius 1 is 1.29 bits per heavy atom. The first-order chi connectivity index (χ1) is 8.03. The van der Waals surface area contributed by atoms with Gasteiger partial charge >= 0.3 is 0 Å². The molecule has 0 bridgehead atoms. The first-order valence-electron chi connectivity index (χ1n) is 7.28. The summed E-state index contributed by atoms with van der Waals surface area (Å²) in [6.07, 6.45) is 7.68. The summed E-state index contributed by atoms with van der Waals surface area (Å²) in [5.74, 6) is 1.10. The van der Waals surface area contributed by atoms with Gasteiger partial charge in [-0.3, -0.25) is 4.79 Å². The molecule has 1 unspecified atom stereocenters. The quantitative estimate of drug-likeness (QED) is 0.713. The van der Waals surface area contributed by atoms with Gasteiger partial charge in [-0.05, 0) is 30.6 Å². The second-order valence-corrected chi connectivity index (χ2v) is 5.91. The van der Waals surface area contributed by atoms with Gasteiger partial charge in [-0.2, -0.15) is 0 Å². The molecule has 0 aromatic heterocycles. The summed E-state index contributed by atoms with van der Waals surface area (Å²) in [7, 11) is 0. The van der Waals surface area contributed by atoms with E-state index in [9.17, 15) is 4.79 Å². The molecular weight excluding hydrogens is 210 g/mol. The van der Waals surface area contributed by atoms with Gasteiger partial charge in [-0.15, -0.1) is 0 Å². The third kappa shape index (κ3) is 4.01. The molecule has 1 rings (SSSR count). The van der Waals surface area contributed by atoms with E-state index in [1.165, 1.54) is 38.5 Å². The number of nitrogens with zero attached hydrogens (tertiary/aromatic N) is 1. The van der Waals surface area contributed by atoms with E-state index in [1.807, 2.05) is 4.90 Å². The van der Waals surface area contributed by atoms with Crippen molar-refractivity contribution in [2.75, 3.05) is 13.1 Å². The van der Waals surface area contributed by atoms with Crippen LogP contribution in [0.25, 0.3) is 0 Å². The minimum absolute atomic E-state index is 0.247. The van der Waals surface area contributed by atoms with Gasteiger partial charge in [0.15, 0.2) is 0 Å². The van der Waals surface area contributed by atoms with Gasteiger partial charge < -0.3 is 4.90 Å². The number of likely N-dealkylation sites (tertiary alicyclic amines) is 1. The third-order valence-electron chi connectivity index (χ3n) is 4.88. The summed E-state index contributed by atoms with van der Waals surface area (Å²) in [6.45, 7) is 10.6. The van der Waals surface area contributed by atoms with Crippen molar-refractivity contribution in [3.63, 3.8) is 0 Å². The number of piperidine rings is 1. The fraction of sp³-hybridized carbons (Fsp3) is 0.933. The Labute approximate surface area is 107 Å². The fourth-order valence-electron chi connectivity index (χ4n) is 2.83. The molecule has 0 aromatic carbocycles. The van der Waals surface area contributed by atoms with Gasteiger partial charge in [0.1, 0.15) is 0 Å². The number of carbonyl (C=O) groups excluding carboxylic acids is 1. The molecule has 100 valence electrons. The summed E-state index contributed by atoms with van der Waals surface area (Å²) in [4.78, 5) is 13.3. The number of hydrogen-bond donors (Lipinski definition) is 0. The summed E-state index contributed by atoms with van der Waals surface area (Å²) < 4.78 is 0. The first kappa shape index (κ1) is 14.5. The Morgan fingerprint density at radius 3 is 2.29 bits per heavy atom. The Hall–Kier alpha value is -0.530. The molecule has 0 aromatic rings. The molecule has 0 saturated carbocycles. The normalized spacial score (nSPS) is 21.3. The monoisotopic (exact) mass is 239 g/mol. The van der Waals surface area contributed by atoms with E-state index >= 15 is 0 Å². The van der Waals surface area contributed by atoms with Crippen LogP contribution in [0.2, 0.25) is 0 Å². The lowest BCUT2D eigenvalue weighted by atomic mass is 9.71. The smallest absolute Gasteiger partial charge is 0.219 e. The predicted octanol–water partition coefficient (Wildman–Crippen LogP) is 3.85.